The second-order valence-corrected chi connectivity index (χ2v) is 8.24. The van der Waals surface area contributed by atoms with Crippen molar-refractivity contribution in [3.63, 3.8) is 0 Å². The number of nitrogens with two attached hydrogens (primary N) is 1. The third-order valence-corrected chi connectivity index (χ3v) is 5.96. The normalized spacial score (nSPS) is 16.5. The van der Waals surface area contributed by atoms with Gasteiger partial charge in [0.25, 0.3) is 5.91 Å². The van der Waals surface area contributed by atoms with Crippen LogP contribution in [0.15, 0.2) is 72.8 Å². The number of ketones is 1. The van der Waals surface area contributed by atoms with Crippen LogP contribution in [0.1, 0.15) is 24.0 Å². The number of nitrogens with one attached hydrogen (secondary N) is 1. The summed E-state index contributed by atoms with van der Waals surface area (Å²) >= 11 is 0. The molecule has 0 bridgehead atoms. The number of nitrogens with zero attached hydrogens (tertiary/aromatic N) is 1. The number of Topliss-reactive ketones (excluding diaryl/α,β-unsaturated/α-hetero) is 1. The Morgan fingerprint density at radius 3 is 2.36 bits per heavy atom. The highest BCUT2D eigenvalue weighted by molar-refractivity contribution is 6.38. The van der Waals surface area contributed by atoms with Gasteiger partial charge in [0, 0.05) is 19.4 Å². The maximum atomic E-state index is 13.1. The molecule has 1 fully saturated rings. The van der Waals surface area contributed by atoms with Crippen molar-refractivity contribution in [2.75, 3.05) is 0 Å². The van der Waals surface area contributed by atoms with Gasteiger partial charge in [-0.3, -0.25) is 19.2 Å². The van der Waals surface area contributed by atoms with Gasteiger partial charge in [-0.1, -0.05) is 66.7 Å². The highest BCUT2D eigenvalue weighted by Gasteiger charge is 2.38. The number of carbonyl (C=O) groups excluding carboxylic acids is 4. The minimum absolute atomic E-state index is 0.121. The van der Waals surface area contributed by atoms with E-state index < -0.39 is 29.7 Å². The number of fused-ring (bicyclic) bond motifs is 1. The monoisotopic (exact) mass is 443 g/mol. The lowest BCUT2D eigenvalue weighted by atomic mass is 10.0. The molecule has 7 nitrogen and oxygen atoms in total. The van der Waals surface area contributed by atoms with Gasteiger partial charge in [-0.2, -0.15) is 0 Å². The van der Waals surface area contributed by atoms with E-state index in [9.17, 15) is 19.2 Å². The van der Waals surface area contributed by atoms with E-state index in [0.717, 1.165) is 21.9 Å². The molecule has 0 aliphatic carbocycles. The molecule has 7 heteroatoms. The van der Waals surface area contributed by atoms with Crippen LogP contribution in [0.5, 0.6) is 0 Å². The Kier molecular flexibility index (Phi) is 6.49. The van der Waals surface area contributed by atoms with Crippen molar-refractivity contribution in [2.24, 2.45) is 5.73 Å². The average Bonchev–Trinajstić information content (AvgIpc) is 3.18. The highest BCUT2D eigenvalue weighted by Crippen LogP contribution is 2.24. The quantitative estimate of drug-likeness (QED) is 0.520. The average molecular weight is 444 g/mol. The molecule has 2 unspecified atom stereocenters. The molecule has 2 atom stereocenters. The van der Waals surface area contributed by atoms with Crippen molar-refractivity contribution in [1.82, 2.24) is 10.2 Å². The Labute approximate surface area is 191 Å². The number of likely N-dealkylation sites (tertiary alicyclic amines) is 1. The number of rotatable bonds is 8. The Morgan fingerprint density at radius 2 is 1.64 bits per heavy atom. The molecule has 0 saturated carbocycles. The molecule has 3 aromatic rings. The summed E-state index contributed by atoms with van der Waals surface area (Å²) in [5.41, 5.74) is 6.91. The van der Waals surface area contributed by atoms with E-state index in [0.29, 0.717) is 6.42 Å². The first-order chi connectivity index (χ1) is 15.9. The summed E-state index contributed by atoms with van der Waals surface area (Å²) in [6.07, 6.45) is 0.736. The van der Waals surface area contributed by atoms with E-state index in [1.54, 1.807) is 12.1 Å². The van der Waals surface area contributed by atoms with E-state index in [-0.39, 0.29) is 25.3 Å². The molecule has 1 saturated heterocycles. The van der Waals surface area contributed by atoms with Crippen molar-refractivity contribution in [1.29, 1.82) is 0 Å². The van der Waals surface area contributed by atoms with Crippen molar-refractivity contribution in [3.8, 4) is 0 Å². The molecule has 1 aliphatic heterocycles. The van der Waals surface area contributed by atoms with E-state index in [4.69, 9.17) is 5.73 Å². The Hall–Kier alpha value is -4.00. The summed E-state index contributed by atoms with van der Waals surface area (Å²) < 4.78 is 0. The molecule has 3 amide bonds. The van der Waals surface area contributed by atoms with Crippen LogP contribution in [0.2, 0.25) is 0 Å². The predicted octanol–water partition coefficient (Wildman–Crippen LogP) is 2.11. The first-order valence-corrected chi connectivity index (χ1v) is 10.9. The third-order valence-electron chi connectivity index (χ3n) is 5.96. The van der Waals surface area contributed by atoms with Crippen molar-refractivity contribution < 1.29 is 19.2 Å². The summed E-state index contributed by atoms with van der Waals surface area (Å²) in [5.74, 6) is -2.55. The van der Waals surface area contributed by atoms with Crippen molar-refractivity contribution in [2.45, 2.75) is 37.9 Å². The first kappa shape index (κ1) is 22.2. The SMILES string of the molecule is NC(=O)C(=O)C(Cc1ccccc1)NC(=O)C1CCC(=O)N1Cc1ccc2ccccc2c1. The summed E-state index contributed by atoms with van der Waals surface area (Å²) in [6, 6.07) is 21.1. The smallest absolute Gasteiger partial charge is 0.287 e. The first-order valence-electron chi connectivity index (χ1n) is 10.9. The number of hydrogen-bond acceptors (Lipinski definition) is 4. The van der Waals surface area contributed by atoms with Crippen LogP contribution in [0.3, 0.4) is 0 Å². The lowest BCUT2D eigenvalue weighted by Crippen LogP contribution is -2.53. The highest BCUT2D eigenvalue weighted by atomic mass is 16.2. The Bertz CT molecular complexity index is 1210. The molecule has 0 radical (unpaired) electrons. The van der Waals surface area contributed by atoms with E-state index in [1.165, 1.54) is 4.90 Å². The number of hydrogen-bond donors (Lipinski definition) is 2. The van der Waals surface area contributed by atoms with Crippen LogP contribution in [0, 0.1) is 0 Å². The topological polar surface area (TPSA) is 110 Å². The van der Waals surface area contributed by atoms with Crippen LogP contribution in [-0.4, -0.2) is 40.5 Å². The van der Waals surface area contributed by atoms with Gasteiger partial charge in [0.1, 0.15) is 12.1 Å². The number of benzene rings is 3. The molecule has 1 aliphatic rings. The molecule has 33 heavy (non-hydrogen) atoms. The van der Waals surface area contributed by atoms with Gasteiger partial charge in [-0.25, -0.2) is 0 Å². The molecule has 3 N–H and O–H groups in total. The van der Waals surface area contributed by atoms with Crippen LogP contribution in [-0.2, 0) is 32.1 Å². The van der Waals surface area contributed by atoms with Crippen LogP contribution in [0.25, 0.3) is 10.8 Å². The second kappa shape index (κ2) is 9.65. The third kappa shape index (κ3) is 5.09. The summed E-state index contributed by atoms with van der Waals surface area (Å²) in [7, 11) is 0. The molecule has 0 spiro atoms. The lowest BCUT2D eigenvalue weighted by molar-refractivity contribution is -0.140. The van der Waals surface area contributed by atoms with Crippen molar-refractivity contribution in [3.05, 3.63) is 83.9 Å². The Balaban J connectivity index is 1.51. The minimum atomic E-state index is -1.10. The van der Waals surface area contributed by atoms with Gasteiger partial charge in [-0.15, -0.1) is 0 Å². The summed E-state index contributed by atoms with van der Waals surface area (Å²) in [4.78, 5) is 51.2. The van der Waals surface area contributed by atoms with Gasteiger partial charge >= 0.3 is 0 Å². The molecule has 1 heterocycles. The fraction of sp³-hybridized carbons (Fsp3) is 0.231. The standard InChI is InChI=1S/C26H25N3O4/c27-25(32)24(31)21(15-17-6-2-1-3-7-17)28-26(33)22-12-13-23(30)29(22)16-18-10-11-19-8-4-5-9-20(19)14-18/h1-11,14,21-22H,12-13,15-16H2,(H2,27,32)(H,28,33). The largest absolute Gasteiger partial charge is 0.363 e. The lowest BCUT2D eigenvalue weighted by Gasteiger charge is -2.26. The molecule has 4 rings (SSSR count). The zero-order chi connectivity index (χ0) is 23.4. The fourth-order valence-corrected chi connectivity index (χ4v) is 4.24. The maximum absolute atomic E-state index is 13.1. The fourth-order valence-electron chi connectivity index (χ4n) is 4.24. The summed E-state index contributed by atoms with van der Waals surface area (Å²) in [5, 5.41) is 4.82. The molecule has 0 aromatic heterocycles. The van der Waals surface area contributed by atoms with E-state index in [1.807, 2.05) is 60.7 Å². The molecule has 168 valence electrons. The van der Waals surface area contributed by atoms with E-state index >= 15 is 0 Å². The second-order valence-electron chi connectivity index (χ2n) is 8.24. The predicted molar refractivity (Wildman–Crippen MR) is 124 cm³/mol. The van der Waals surface area contributed by atoms with Gasteiger partial charge in [0.05, 0.1) is 0 Å². The van der Waals surface area contributed by atoms with Gasteiger partial charge in [0.2, 0.25) is 17.6 Å². The van der Waals surface area contributed by atoms with Gasteiger partial charge < -0.3 is 16.0 Å². The van der Waals surface area contributed by atoms with Crippen LogP contribution < -0.4 is 11.1 Å². The van der Waals surface area contributed by atoms with E-state index in [2.05, 4.69) is 5.32 Å². The summed E-state index contributed by atoms with van der Waals surface area (Å²) in [6.45, 7) is 0.287. The van der Waals surface area contributed by atoms with Crippen LogP contribution >= 0.6 is 0 Å². The number of primary amides is 1. The molecular weight excluding hydrogens is 418 g/mol. The minimum Gasteiger partial charge on any atom is -0.363 e. The zero-order valence-corrected chi connectivity index (χ0v) is 18.1. The molecule has 3 aromatic carbocycles. The van der Waals surface area contributed by atoms with Crippen LogP contribution in [0.4, 0.5) is 0 Å². The Morgan fingerprint density at radius 1 is 0.939 bits per heavy atom. The molecular formula is C26H25N3O4. The maximum Gasteiger partial charge on any atom is 0.287 e. The van der Waals surface area contributed by atoms with Gasteiger partial charge in [-0.05, 0) is 34.4 Å². The number of amides is 3. The zero-order valence-electron chi connectivity index (χ0n) is 18.1. The van der Waals surface area contributed by atoms with Crippen molar-refractivity contribution >= 4 is 34.3 Å². The van der Waals surface area contributed by atoms with Gasteiger partial charge in [0.15, 0.2) is 0 Å². The number of carbonyl (C=O) groups is 4.